The summed E-state index contributed by atoms with van der Waals surface area (Å²) in [5, 5.41) is 3.80. The van der Waals surface area contributed by atoms with Gasteiger partial charge in [0.05, 0.1) is 5.66 Å². The summed E-state index contributed by atoms with van der Waals surface area (Å²) in [6.07, 6.45) is 9.20. The van der Waals surface area contributed by atoms with Crippen molar-refractivity contribution < 1.29 is 4.79 Å². The molecule has 2 aliphatic heterocycles. The Bertz CT molecular complexity index is 304. The SMILES string of the molecule is CCC[C@]12CCC(=O)N1[C@@H]1CCCC[C@@H]1N2. The Labute approximate surface area is 97.6 Å². The molecule has 3 aliphatic rings. The lowest BCUT2D eigenvalue weighted by Crippen LogP contribution is -2.49. The van der Waals surface area contributed by atoms with Gasteiger partial charge in [-0.1, -0.05) is 26.2 Å². The van der Waals surface area contributed by atoms with Crippen LogP contribution in [0.4, 0.5) is 0 Å². The molecule has 0 aromatic carbocycles. The van der Waals surface area contributed by atoms with Gasteiger partial charge in [-0.3, -0.25) is 10.1 Å². The Morgan fingerprint density at radius 3 is 3.06 bits per heavy atom. The van der Waals surface area contributed by atoms with Crippen molar-refractivity contribution in [3.05, 3.63) is 0 Å². The quantitative estimate of drug-likeness (QED) is 0.775. The van der Waals surface area contributed by atoms with E-state index in [2.05, 4.69) is 17.1 Å². The topological polar surface area (TPSA) is 32.3 Å². The van der Waals surface area contributed by atoms with Gasteiger partial charge < -0.3 is 4.90 Å². The highest BCUT2D eigenvalue weighted by Gasteiger charge is 2.56. The van der Waals surface area contributed by atoms with Crippen LogP contribution in [0.25, 0.3) is 0 Å². The molecule has 0 unspecified atom stereocenters. The first-order valence-electron chi connectivity index (χ1n) is 6.87. The van der Waals surface area contributed by atoms with Crippen molar-refractivity contribution in [3.63, 3.8) is 0 Å². The summed E-state index contributed by atoms with van der Waals surface area (Å²) in [5.74, 6) is 0.398. The van der Waals surface area contributed by atoms with Crippen LogP contribution in [0.1, 0.15) is 58.3 Å². The Hall–Kier alpha value is -0.570. The molecule has 1 N–H and O–H groups in total. The van der Waals surface area contributed by atoms with Crippen molar-refractivity contribution in [2.75, 3.05) is 0 Å². The van der Waals surface area contributed by atoms with Crippen molar-refractivity contribution in [1.29, 1.82) is 0 Å². The van der Waals surface area contributed by atoms with Crippen LogP contribution in [0.3, 0.4) is 0 Å². The summed E-state index contributed by atoms with van der Waals surface area (Å²) in [5.41, 5.74) is 0.0471. The zero-order valence-corrected chi connectivity index (χ0v) is 10.2. The lowest BCUT2D eigenvalue weighted by molar-refractivity contribution is -0.132. The zero-order valence-electron chi connectivity index (χ0n) is 10.2. The third-order valence-corrected chi connectivity index (χ3v) is 4.66. The fourth-order valence-corrected chi connectivity index (χ4v) is 4.10. The normalized spacial score (nSPS) is 42.3. The number of carbonyl (C=O) groups excluding carboxylic acids is 1. The number of nitrogens with one attached hydrogen (secondary N) is 1. The van der Waals surface area contributed by atoms with Gasteiger partial charge in [0.25, 0.3) is 0 Å². The van der Waals surface area contributed by atoms with Gasteiger partial charge in [-0.05, 0) is 25.7 Å². The van der Waals surface area contributed by atoms with Crippen LogP contribution in [0, 0.1) is 0 Å². The standard InChI is InChI=1S/C13H22N2O/c1-2-8-13-9-7-12(16)15(13)11-6-4-3-5-10(11)14-13/h10-11,14H,2-9H2,1H3/t10-,11+,13+/m0/s1. The molecule has 3 nitrogen and oxygen atoms in total. The molecule has 0 aromatic rings. The van der Waals surface area contributed by atoms with Crippen LogP contribution in [-0.4, -0.2) is 28.6 Å². The fourth-order valence-electron chi connectivity index (χ4n) is 4.10. The van der Waals surface area contributed by atoms with Gasteiger partial charge in [0.2, 0.25) is 5.91 Å². The number of fused-ring (bicyclic) bond motifs is 3. The monoisotopic (exact) mass is 222 g/mol. The molecule has 0 aromatic heterocycles. The average molecular weight is 222 g/mol. The molecule has 1 amide bonds. The molecule has 1 saturated carbocycles. The van der Waals surface area contributed by atoms with Gasteiger partial charge in [-0.2, -0.15) is 0 Å². The van der Waals surface area contributed by atoms with Gasteiger partial charge in [0.15, 0.2) is 0 Å². The van der Waals surface area contributed by atoms with Crippen molar-refractivity contribution in [3.8, 4) is 0 Å². The average Bonchev–Trinajstić information content (AvgIpc) is 2.75. The second-order valence-electron chi connectivity index (χ2n) is 5.65. The number of amides is 1. The van der Waals surface area contributed by atoms with E-state index in [1.54, 1.807) is 0 Å². The number of hydrogen-bond donors (Lipinski definition) is 1. The maximum Gasteiger partial charge on any atom is 0.224 e. The summed E-state index contributed by atoms with van der Waals surface area (Å²) in [6, 6.07) is 1.10. The molecule has 1 aliphatic carbocycles. The summed E-state index contributed by atoms with van der Waals surface area (Å²) in [7, 11) is 0. The molecule has 3 fully saturated rings. The van der Waals surface area contributed by atoms with Crippen LogP contribution in [-0.2, 0) is 4.79 Å². The predicted molar refractivity (Wildman–Crippen MR) is 62.9 cm³/mol. The van der Waals surface area contributed by atoms with Gasteiger partial charge in [0, 0.05) is 18.5 Å². The number of rotatable bonds is 2. The third kappa shape index (κ3) is 1.33. The van der Waals surface area contributed by atoms with Crippen LogP contribution in [0.2, 0.25) is 0 Å². The molecule has 3 rings (SSSR count). The van der Waals surface area contributed by atoms with Crippen molar-refractivity contribution >= 4 is 5.91 Å². The molecule has 16 heavy (non-hydrogen) atoms. The van der Waals surface area contributed by atoms with Gasteiger partial charge in [-0.25, -0.2) is 0 Å². The molecule has 2 saturated heterocycles. The Morgan fingerprint density at radius 2 is 2.25 bits per heavy atom. The first-order valence-corrected chi connectivity index (χ1v) is 6.87. The maximum absolute atomic E-state index is 12.1. The summed E-state index contributed by atoms with van der Waals surface area (Å²) in [4.78, 5) is 14.3. The molecule has 0 radical (unpaired) electrons. The minimum atomic E-state index is 0.0471. The third-order valence-electron chi connectivity index (χ3n) is 4.66. The molecular weight excluding hydrogens is 200 g/mol. The minimum absolute atomic E-state index is 0.0471. The predicted octanol–water partition coefficient (Wildman–Crippen LogP) is 2.02. The summed E-state index contributed by atoms with van der Waals surface area (Å²) >= 11 is 0. The van der Waals surface area contributed by atoms with E-state index in [4.69, 9.17) is 0 Å². The molecule has 0 bridgehead atoms. The molecule has 0 spiro atoms. The summed E-state index contributed by atoms with van der Waals surface area (Å²) in [6.45, 7) is 2.22. The molecular formula is C13H22N2O. The zero-order chi connectivity index (χ0) is 11.2. The van der Waals surface area contributed by atoms with Gasteiger partial charge >= 0.3 is 0 Å². The van der Waals surface area contributed by atoms with Crippen LogP contribution >= 0.6 is 0 Å². The Kier molecular flexibility index (Phi) is 2.46. The van der Waals surface area contributed by atoms with Gasteiger partial charge in [0.1, 0.15) is 0 Å². The molecule has 3 heteroatoms. The second kappa shape index (κ2) is 3.73. The Morgan fingerprint density at radius 1 is 1.44 bits per heavy atom. The van der Waals surface area contributed by atoms with Crippen molar-refractivity contribution in [2.24, 2.45) is 0 Å². The number of hydrogen-bond acceptors (Lipinski definition) is 2. The molecule has 3 atom stereocenters. The Balaban J connectivity index is 1.89. The van der Waals surface area contributed by atoms with E-state index in [1.165, 1.54) is 25.7 Å². The van der Waals surface area contributed by atoms with E-state index in [0.29, 0.717) is 18.0 Å². The van der Waals surface area contributed by atoms with Crippen LogP contribution in [0.5, 0.6) is 0 Å². The first kappa shape index (κ1) is 10.6. The smallest absolute Gasteiger partial charge is 0.224 e. The van der Waals surface area contributed by atoms with E-state index in [9.17, 15) is 4.79 Å². The van der Waals surface area contributed by atoms with Crippen LogP contribution in [0.15, 0.2) is 0 Å². The highest BCUT2D eigenvalue weighted by atomic mass is 16.2. The van der Waals surface area contributed by atoms with E-state index in [0.717, 1.165) is 25.7 Å². The summed E-state index contributed by atoms with van der Waals surface area (Å²) < 4.78 is 0. The van der Waals surface area contributed by atoms with E-state index in [-0.39, 0.29) is 5.66 Å². The second-order valence-corrected chi connectivity index (χ2v) is 5.65. The highest BCUT2D eigenvalue weighted by molar-refractivity contribution is 5.80. The van der Waals surface area contributed by atoms with E-state index < -0.39 is 0 Å². The van der Waals surface area contributed by atoms with Gasteiger partial charge in [-0.15, -0.1) is 0 Å². The van der Waals surface area contributed by atoms with Crippen LogP contribution < -0.4 is 5.32 Å². The molecule has 90 valence electrons. The largest absolute Gasteiger partial charge is 0.320 e. The fraction of sp³-hybridized carbons (Fsp3) is 0.923. The first-order chi connectivity index (χ1) is 7.77. The maximum atomic E-state index is 12.1. The minimum Gasteiger partial charge on any atom is -0.320 e. The lowest BCUT2D eigenvalue weighted by atomic mass is 9.91. The lowest BCUT2D eigenvalue weighted by Gasteiger charge is -2.35. The van der Waals surface area contributed by atoms with E-state index >= 15 is 0 Å². The van der Waals surface area contributed by atoms with Crippen molar-refractivity contribution in [2.45, 2.75) is 76.0 Å². The van der Waals surface area contributed by atoms with E-state index in [1.807, 2.05) is 0 Å². The highest BCUT2D eigenvalue weighted by Crippen LogP contribution is 2.43. The van der Waals surface area contributed by atoms with Crippen molar-refractivity contribution in [1.82, 2.24) is 10.2 Å². The number of nitrogens with zero attached hydrogens (tertiary/aromatic N) is 1. The molecule has 2 heterocycles. The number of carbonyl (C=O) groups is 1.